The van der Waals surface area contributed by atoms with Crippen molar-refractivity contribution in [1.82, 2.24) is 14.6 Å². The van der Waals surface area contributed by atoms with Crippen molar-refractivity contribution in [3.8, 4) is 11.1 Å². The number of carbonyl (C=O) groups excluding carboxylic acids is 1. The van der Waals surface area contributed by atoms with Crippen molar-refractivity contribution in [2.24, 2.45) is 0 Å². The molecule has 0 saturated carbocycles. The van der Waals surface area contributed by atoms with E-state index >= 15 is 0 Å². The molecule has 0 amide bonds. The zero-order chi connectivity index (χ0) is 18.4. The molecule has 130 valence electrons. The highest BCUT2D eigenvalue weighted by atomic mass is 19.4. The van der Waals surface area contributed by atoms with Gasteiger partial charge in [-0.3, -0.25) is 4.79 Å². The summed E-state index contributed by atoms with van der Waals surface area (Å²) >= 11 is 0. The molecule has 0 unspecified atom stereocenters. The molecule has 25 heavy (non-hydrogen) atoms. The van der Waals surface area contributed by atoms with Gasteiger partial charge in [-0.2, -0.15) is 22.8 Å². The van der Waals surface area contributed by atoms with Crippen molar-refractivity contribution in [3.05, 3.63) is 57.6 Å². The first-order valence-corrected chi connectivity index (χ1v) is 7.12. The average molecular weight is 351 g/mol. The molecule has 2 heterocycles. The van der Waals surface area contributed by atoms with Gasteiger partial charge in [0.2, 0.25) is 0 Å². The lowest BCUT2D eigenvalue weighted by Gasteiger charge is -2.07. The minimum Gasteiger partial charge on any atom is -0.465 e. The summed E-state index contributed by atoms with van der Waals surface area (Å²) in [5.74, 6) is -0.953. The third-order valence-corrected chi connectivity index (χ3v) is 3.69. The molecular formula is C16H12F3N3O3. The number of esters is 1. The summed E-state index contributed by atoms with van der Waals surface area (Å²) in [6.45, 7) is 1.41. The molecule has 1 aromatic carbocycles. The molecule has 0 radical (unpaired) electrons. The Kier molecular flexibility index (Phi) is 3.86. The number of carbonyl (C=O) groups is 1. The second kappa shape index (κ2) is 5.76. The van der Waals surface area contributed by atoms with Crippen LogP contribution in [0.4, 0.5) is 13.2 Å². The number of alkyl halides is 3. The monoisotopic (exact) mass is 351 g/mol. The minimum absolute atomic E-state index is 0.0927. The fraction of sp³-hybridized carbons (Fsp3) is 0.188. The molecule has 0 atom stereocenters. The van der Waals surface area contributed by atoms with Crippen LogP contribution in [0.5, 0.6) is 0 Å². The Morgan fingerprint density at radius 3 is 2.44 bits per heavy atom. The van der Waals surface area contributed by atoms with Gasteiger partial charge in [-0.25, -0.2) is 4.79 Å². The summed E-state index contributed by atoms with van der Waals surface area (Å²) < 4.78 is 45.4. The number of aryl methyl sites for hydroxylation is 1. The first-order chi connectivity index (χ1) is 11.8. The largest absolute Gasteiger partial charge is 0.465 e. The summed E-state index contributed by atoms with van der Waals surface area (Å²) in [5.41, 5.74) is -2.66. The third-order valence-electron chi connectivity index (χ3n) is 3.69. The number of nitrogens with zero attached hydrogens (tertiary/aromatic N) is 2. The lowest BCUT2D eigenvalue weighted by Crippen LogP contribution is -2.26. The predicted octanol–water partition coefficient (Wildman–Crippen LogP) is 2.80. The first-order valence-electron chi connectivity index (χ1n) is 7.12. The van der Waals surface area contributed by atoms with Gasteiger partial charge in [-0.15, -0.1) is 0 Å². The van der Waals surface area contributed by atoms with Crippen LogP contribution in [-0.2, 0) is 10.9 Å². The molecule has 3 aromatic rings. The number of methoxy groups -OCH3 is 1. The quantitative estimate of drug-likeness (QED) is 0.721. The van der Waals surface area contributed by atoms with E-state index in [2.05, 4.69) is 14.8 Å². The number of halogens is 3. The minimum atomic E-state index is -4.78. The van der Waals surface area contributed by atoms with E-state index in [0.717, 1.165) is 7.11 Å². The molecule has 3 rings (SSSR count). The van der Waals surface area contributed by atoms with Crippen LogP contribution in [0.15, 0.2) is 35.1 Å². The molecule has 0 aliphatic carbocycles. The van der Waals surface area contributed by atoms with E-state index in [0.29, 0.717) is 4.52 Å². The van der Waals surface area contributed by atoms with Crippen LogP contribution >= 0.6 is 0 Å². The van der Waals surface area contributed by atoms with Crippen molar-refractivity contribution >= 4 is 11.6 Å². The number of benzene rings is 1. The van der Waals surface area contributed by atoms with E-state index in [1.807, 2.05) is 0 Å². The fourth-order valence-corrected chi connectivity index (χ4v) is 2.61. The number of hydrogen-bond donors (Lipinski definition) is 1. The molecule has 1 N–H and O–H groups in total. The molecule has 0 saturated heterocycles. The number of ether oxygens (including phenoxy) is 1. The molecule has 0 bridgehead atoms. The summed E-state index contributed by atoms with van der Waals surface area (Å²) in [5, 5.41) is 3.42. The number of fused-ring (bicyclic) bond motifs is 1. The van der Waals surface area contributed by atoms with E-state index in [-0.39, 0.29) is 22.5 Å². The molecule has 6 nitrogen and oxygen atoms in total. The van der Waals surface area contributed by atoms with Gasteiger partial charge < -0.3 is 9.72 Å². The topological polar surface area (TPSA) is 76.5 Å². The lowest BCUT2D eigenvalue weighted by atomic mass is 10.1. The standard InChI is InChI=1S/C16H12F3N3O3/c1-8-10(15(24)25-2)14(23)22-13(20-8)11(9-6-4-3-5-7-9)12(21-22)16(17,18)19/h3-7,20H,1-2H3. The smallest absolute Gasteiger partial charge is 0.435 e. The first kappa shape index (κ1) is 16.7. The van der Waals surface area contributed by atoms with E-state index in [1.54, 1.807) is 18.2 Å². The number of hydrogen-bond acceptors (Lipinski definition) is 4. The molecule has 0 aliphatic heterocycles. The predicted molar refractivity (Wildman–Crippen MR) is 82.3 cm³/mol. The average Bonchev–Trinajstić information content (AvgIpc) is 2.95. The molecule has 0 spiro atoms. The summed E-state index contributed by atoms with van der Waals surface area (Å²) in [6, 6.07) is 7.77. The number of aromatic nitrogens is 3. The highest BCUT2D eigenvalue weighted by Crippen LogP contribution is 2.38. The van der Waals surface area contributed by atoms with Crippen molar-refractivity contribution < 1.29 is 22.7 Å². The van der Waals surface area contributed by atoms with Crippen LogP contribution in [0.1, 0.15) is 21.7 Å². The van der Waals surface area contributed by atoms with Crippen LogP contribution in [0.2, 0.25) is 0 Å². The summed E-state index contributed by atoms with van der Waals surface area (Å²) in [4.78, 5) is 26.9. The van der Waals surface area contributed by atoms with E-state index < -0.39 is 29.0 Å². The van der Waals surface area contributed by atoms with Crippen molar-refractivity contribution in [3.63, 3.8) is 0 Å². The van der Waals surface area contributed by atoms with Crippen LogP contribution in [0.25, 0.3) is 16.8 Å². The van der Waals surface area contributed by atoms with Gasteiger partial charge in [0.25, 0.3) is 5.56 Å². The maximum absolute atomic E-state index is 13.4. The Bertz CT molecular complexity index is 1020. The van der Waals surface area contributed by atoms with Gasteiger partial charge in [0, 0.05) is 5.69 Å². The normalized spacial score (nSPS) is 11.7. The van der Waals surface area contributed by atoms with Crippen LogP contribution in [0, 0.1) is 6.92 Å². The zero-order valence-corrected chi connectivity index (χ0v) is 13.1. The van der Waals surface area contributed by atoms with Crippen molar-refractivity contribution in [1.29, 1.82) is 0 Å². The molecular weight excluding hydrogens is 339 g/mol. The van der Waals surface area contributed by atoms with Crippen LogP contribution in [-0.4, -0.2) is 27.7 Å². The fourth-order valence-electron chi connectivity index (χ4n) is 2.61. The summed E-state index contributed by atoms with van der Waals surface area (Å²) in [7, 11) is 1.07. The third kappa shape index (κ3) is 2.67. The second-order valence-electron chi connectivity index (χ2n) is 5.27. The van der Waals surface area contributed by atoms with E-state index in [1.165, 1.54) is 19.1 Å². The Labute approximate surface area is 138 Å². The van der Waals surface area contributed by atoms with Gasteiger partial charge in [0.15, 0.2) is 5.69 Å². The molecule has 0 aliphatic rings. The number of nitrogens with one attached hydrogen (secondary N) is 1. The Morgan fingerprint density at radius 2 is 1.88 bits per heavy atom. The highest BCUT2D eigenvalue weighted by molar-refractivity contribution is 5.91. The van der Waals surface area contributed by atoms with Gasteiger partial charge in [0.05, 0.1) is 12.7 Å². The molecule has 2 aromatic heterocycles. The van der Waals surface area contributed by atoms with E-state index in [4.69, 9.17) is 0 Å². The maximum Gasteiger partial charge on any atom is 0.435 e. The van der Waals surface area contributed by atoms with Crippen molar-refractivity contribution in [2.45, 2.75) is 13.1 Å². The molecule has 0 fully saturated rings. The molecule has 9 heteroatoms. The Hall–Kier alpha value is -3.10. The number of aromatic amines is 1. The lowest BCUT2D eigenvalue weighted by molar-refractivity contribution is -0.140. The van der Waals surface area contributed by atoms with E-state index in [9.17, 15) is 22.8 Å². The second-order valence-corrected chi connectivity index (χ2v) is 5.27. The van der Waals surface area contributed by atoms with Crippen LogP contribution in [0.3, 0.4) is 0 Å². The van der Waals surface area contributed by atoms with Gasteiger partial charge in [-0.1, -0.05) is 30.3 Å². The SMILES string of the molecule is COC(=O)c1c(C)[nH]c2c(-c3ccccc3)c(C(F)(F)F)nn2c1=O. The van der Waals surface area contributed by atoms with Gasteiger partial charge >= 0.3 is 12.1 Å². The maximum atomic E-state index is 13.4. The van der Waals surface area contributed by atoms with Gasteiger partial charge in [0.1, 0.15) is 11.2 Å². The zero-order valence-electron chi connectivity index (χ0n) is 13.1. The highest BCUT2D eigenvalue weighted by Gasteiger charge is 2.39. The number of H-pyrrole nitrogens is 1. The number of rotatable bonds is 2. The van der Waals surface area contributed by atoms with Gasteiger partial charge in [-0.05, 0) is 12.5 Å². The Balaban J connectivity index is 2.46. The summed E-state index contributed by atoms with van der Waals surface area (Å²) in [6.07, 6.45) is -4.78. The van der Waals surface area contributed by atoms with Crippen LogP contribution < -0.4 is 5.56 Å². The Morgan fingerprint density at radius 1 is 1.24 bits per heavy atom. The van der Waals surface area contributed by atoms with Crippen molar-refractivity contribution in [2.75, 3.05) is 7.11 Å².